The topological polar surface area (TPSA) is 83.9 Å². The van der Waals surface area contributed by atoms with Gasteiger partial charge < -0.3 is 9.53 Å². The van der Waals surface area contributed by atoms with Gasteiger partial charge in [-0.1, -0.05) is 37.0 Å². The van der Waals surface area contributed by atoms with E-state index in [1.165, 1.54) is 0 Å². The van der Waals surface area contributed by atoms with E-state index in [1.54, 1.807) is 12.2 Å². The molecule has 3 aliphatic rings. The zero-order valence-corrected chi connectivity index (χ0v) is 16.2. The van der Waals surface area contributed by atoms with Crippen LogP contribution in [0.15, 0.2) is 23.3 Å². The van der Waals surface area contributed by atoms with Crippen molar-refractivity contribution in [3.05, 3.63) is 23.3 Å². The summed E-state index contributed by atoms with van der Waals surface area (Å²) in [5, 5.41) is 0. The first kappa shape index (κ1) is 19.7. The third-order valence-electron chi connectivity index (χ3n) is 6.26. The lowest BCUT2D eigenvalue weighted by Gasteiger charge is -2.51. The Bertz CT molecular complexity index is 687. The van der Waals surface area contributed by atoms with E-state index in [-0.39, 0.29) is 12.3 Å². The minimum atomic E-state index is -4.38. The van der Waals surface area contributed by atoms with Crippen molar-refractivity contribution in [3.63, 3.8) is 0 Å². The van der Waals surface area contributed by atoms with Crippen LogP contribution in [0.4, 0.5) is 0 Å². The van der Waals surface area contributed by atoms with Gasteiger partial charge >= 0.3 is 0 Å². The third-order valence-corrected chi connectivity index (χ3v) is 7.85. The zero-order chi connectivity index (χ0) is 18.8. The van der Waals surface area contributed by atoms with Crippen molar-refractivity contribution >= 4 is 16.4 Å². The molecule has 0 aromatic rings. The summed E-state index contributed by atoms with van der Waals surface area (Å²) in [5.41, 5.74) is 1.73. The number of hydrogen-bond acceptors (Lipinski definition) is 5. The average Bonchev–Trinajstić information content (AvgIpc) is 2.64. The van der Waals surface area contributed by atoms with E-state index in [0.29, 0.717) is 26.3 Å². The molecule has 0 bridgehead atoms. The van der Waals surface area contributed by atoms with Crippen LogP contribution >= 0.6 is 0 Å². The largest absolute Gasteiger partial charge is 0.379 e. The van der Waals surface area contributed by atoms with Crippen LogP contribution in [0.3, 0.4) is 0 Å². The molecular formula is C19H29NO5S. The molecule has 1 aliphatic heterocycles. The molecule has 7 heteroatoms. The first-order valence-corrected chi connectivity index (χ1v) is 11.0. The van der Waals surface area contributed by atoms with Crippen molar-refractivity contribution in [2.75, 3.05) is 26.3 Å². The number of hydrogen-bond donors (Lipinski definition) is 1. The fraction of sp³-hybridized carbons (Fsp3) is 0.737. The predicted molar refractivity (Wildman–Crippen MR) is 99.6 cm³/mol. The Morgan fingerprint density at radius 1 is 1.27 bits per heavy atom. The summed E-state index contributed by atoms with van der Waals surface area (Å²) in [6, 6.07) is -0.514. The van der Waals surface area contributed by atoms with Crippen molar-refractivity contribution in [2.24, 2.45) is 5.92 Å². The van der Waals surface area contributed by atoms with Crippen LogP contribution in [0.1, 0.15) is 45.4 Å². The highest BCUT2D eigenvalue weighted by Crippen LogP contribution is 2.47. The Labute approximate surface area is 156 Å². The van der Waals surface area contributed by atoms with Crippen LogP contribution < -0.4 is 0 Å². The monoisotopic (exact) mass is 383 g/mol. The van der Waals surface area contributed by atoms with Crippen LogP contribution in [-0.2, 0) is 19.6 Å². The predicted octanol–water partition coefficient (Wildman–Crippen LogP) is 2.37. The number of carbonyl (C=O) groups excluding carboxylic acids is 1. The fourth-order valence-corrected chi connectivity index (χ4v) is 6.47. The minimum Gasteiger partial charge on any atom is -0.379 e. The molecule has 3 rings (SSSR count). The molecule has 0 aromatic heterocycles. The van der Waals surface area contributed by atoms with Gasteiger partial charge in [0.1, 0.15) is 11.0 Å². The van der Waals surface area contributed by atoms with Crippen LogP contribution in [0, 0.1) is 5.92 Å². The molecule has 0 radical (unpaired) electrons. The maximum absolute atomic E-state index is 12.9. The highest BCUT2D eigenvalue weighted by atomic mass is 32.2. The number of carbonyl (C=O) groups is 1. The Morgan fingerprint density at radius 3 is 2.50 bits per heavy atom. The summed E-state index contributed by atoms with van der Waals surface area (Å²) in [4.78, 5) is 13.5. The van der Waals surface area contributed by atoms with Gasteiger partial charge in [-0.2, -0.15) is 8.42 Å². The van der Waals surface area contributed by atoms with E-state index in [0.717, 1.165) is 49.5 Å². The second-order valence-electron chi connectivity index (χ2n) is 7.63. The average molecular weight is 384 g/mol. The first-order chi connectivity index (χ1) is 12.4. The van der Waals surface area contributed by atoms with Crippen LogP contribution in [-0.4, -0.2) is 61.2 Å². The summed E-state index contributed by atoms with van der Waals surface area (Å²) in [5.74, 6) is -0.148. The first-order valence-electron chi connectivity index (χ1n) is 9.53. The molecule has 1 saturated heterocycles. The SMILES string of the molecule is CC1=C(CC=O)C(N2CCOCC2)[C@](C2CCCCC2)(S(=O)(=O)O)C=C1. The van der Waals surface area contributed by atoms with E-state index in [4.69, 9.17) is 4.74 Å². The summed E-state index contributed by atoms with van der Waals surface area (Å²) in [6.45, 7) is 4.16. The standard InChI is InChI=1S/C19H29NO5S/c1-15-7-9-19(26(22,23)24,16-5-3-2-4-6-16)18(17(15)8-12-21)20-10-13-25-14-11-20/h7,9,12,16,18H,2-6,8,10-11,13-14H2,1H3,(H,22,23,24)/t18?,19-/m0/s1. The summed E-state index contributed by atoms with van der Waals surface area (Å²) in [6.07, 6.45) is 9.11. The molecule has 146 valence electrons. The lowest BCUT2D eigenvalue weighted by Crippen LogP contribution is -2.63. The summed E-state index contributed by atoms with van der Waals surface area (Å²) < 4.78 is 40.2. The number of ether oxygens (including phenoxy) is 1. The summed E-state index contributed by atoms with van der Waals surface area (Å²) in [7, 11) is -4.38. The van der Waals surface area contributed by atoms with E-state index in [9.17, 15) is 17.8 Å². The molecule has 2 atom stereocenters. The zero-order valence-electron chi connectivity index (χ0n) is 15.4. The minimum absolute atomic E-state index is 0.148. The van der Waals surface area contributed by atoms with Crippen LogP contribution in [0.25, 0.3) is 0 Å². The van der Waals surface area contributed by atoms with Crippen molar-refractivity contribution in [1.29, 1.82) is 0 Å². The highest BCUT2D eigenvalue weighted by Gasteiger charge is 2.57. The van der Waals surface area contributed by atoms with Crippen LogP contribution in [0.5, 0.6) is 0 Å². The lowest BCUT2D eigenvalue weighted by molar-refractivity contribution is -0.107. The Hall–Kier alpha value is -1.02. The molecular weight excluding hydrogens is 354 g/mol. The van der Waals surface area contributed by atoms with E-state index < -0.39 is 20.9 Å². The molecule has 0 amide bonds. The molecule has 6 nitrogen and oxygen atoms in total. The Kier molecular flexibility index (Phi) is 6.01. The highest BCUT2D eigenvalue weighted by molar-refractivity contribution is 7.87. The molecule has 0 aromatic carbocycles. The van der Waals surface area contributed by atoms with Crippen molar-refractivity contribution in [3.8, 4) is 0 Å². The van der Waals surface area contributed by atoms with Gasteiger partial charge in [-0.15, -0.1) is 0 Å². The van der Waals surface area contributed by atoms with Gasteiger partial charge in [-0.25, -0.2) is 0 Å². The van der Waals surface area contributed by atoms with Gasteiger partial charge in [0, 0.05) is 19.5 Å². The molecule has 1 N–H and O–H groups in total. The number of morpholine rings is 1. The molecule has 26 heavy (non-hydrogen) atoms. The molecule has 1 saturated carbocycles. The van der Waals surface area contributed by atoms with Crippen molar-refractivity contribution in [1.82, 2.24) is 4.90 Å². The Morgan fingerprint density at radius 2 is 1.92 bits per heavy atom. The maximum atomic E-state index is 12.9. The van der Waals surface area contributed by atoms with Gasteiger partial charge in [-0.05, 0) is 31.3 Å². The van der Waals surface area contributed by atoms with Gasteiger partial charge in [-0.3, -0.25) is 9.45 Å². The van der Waals surface area contributed by atoms with E-state index >= 15 is 0 Å². The van der Waals surface area contributed by atoms with Gasteiger partial charge in [0.2, 0.25) is 0 Å². The molecule has 0 spiro atoms. The lowest BCUT2D eigenvalue weighted by atomic mass is 9.70. The molecule has 1 unspecified atom stereocenters. The number of nitrogens with zero attached hydrogens (tertiary/aromatic N) is 1. The van der Waals surface area contributed by atoms with Gasteiger partial charge in [0.15, 0.2) is 0 Å². The second kappa shape index (κ2) is 7.92. The maximum Gasteiger partial charge on any atom is 0.276 e. The van der Waals surface area contributed by atoms with Crippen molar-refractivity contribution in [2.45, 2.75) is 56.2 Å². The summed E-state index contributed by atoms with van der Waals surface area (Å²) >= 11 is 0. The van der Waals surface area contributed by atoms with Crippen molar-refractivity contribution < 1.29 is 22.5 Å². The number of allylic oxidation sites excluding steroid dienone is 2. The van der Waals surface area contributed by atoms with Gasteiger partial charge in [0.25, 0.3) is 10.1 Å². The molecule has 2 fully saturated rings. The quantitative estimate of drug-likeness (QED) is 0.580. The number of rotatable bonds is 5. The Balaban J connectivity index is 2.15. The number of aldehydes is 1. The fourth-order valence-electron chi connectivity index (χ4n) is 5.00. The normalized spacial score (nSPS) is 32.0. The second-order valence-corrected chi connectivity index (χ2v) is 9.28. The van der Waals surface area contributed by atoms with Crippen LogP contribution in [0.2, 0.25) is 0 Å². The molecule has 2 aliphatic carbocycles. The van der Waals surface area contributed by atoms with Gasteiger partial charge in [0.05, 0.1) is 19.3 Å². The third kappa shape index (κ3) is 3.42. The smallest absolute Gasteiger partial charge is 0.276 e. The van der Waals surface area contributed by atoms with E-state index in [1.807, 2.05) is 6.92 Å². The molecule has 1 heterocycles. The van der Waals surface area contributed by atoms with E-state index in [2.05, 4.69) is 4.90 Å².